The average Bonchev–Trinajstić information content (AvgIpc) is 0.790. The molecule has 0 spiro atoms. The molecule has 5 aromatic carbocycles. The SMILES string of the molecule is COc1c(F)cc(-c2cc(=O)n3cc(N4CCNCC4)ccc3n2)cc1F.COc1c(F)cc(-c2cc(=O)n3cc(N4CCN[C@@H](C)C4)ccc3n2)cc1F.COc1ccc(-c2cc(=O)n3cc(C4=CCNCC4)ccc3n2)cc1F.COc1ccc(-c2cc(=O)n3cc(N4CCC(N(C)C)CC4)ccc3n2)cc1F.COc1ccc(-c2cc(=O)n3cc(NC4CCNCC4)ccc3n2)cc1OC. The number of hydrogen-bond acceptors (Lipinski definition) is 25. The van der Waals surface area contributed by atoms with E-state index in [-0.39, 0.29) is 61.8 Å². The molecule has 5 aliphatic rings. The van der Waals surface area contributed by atoms with Gasteiger partial charge in [0.05, 0.1) is 93.9 Å². The minimum atomic E-state index is -0.845. The van der Waals surface area contributed by atoms with Crippen molar-refractivity contribution in [3.05, 3.63) is 299 Å². The number of ether oxygens (including phenoxy) is 6. The van der Waals surface area contributed by atoms with Crippen LogP contribution in [-0.2, 0) is 0 Å². The summed E-state index contributed by atoms with van der Waals surface area (Å²) in [5.74, 6) is -3.71. The van der Waals surface area contributed by atoms with Gasteiger partial charge >= 0.3 is 0 Å². The Morgan fingerprint density at radius 2 is 0.732 bits per heavy atom. The van der Waals surface area contributed by atoms with E-state index in [4.69, 9.17) is 23.7 Å². The predicted octanol–water partition coefficient (Wildman–Crippen LogP) is 13.0. The number of anilines is 4. The molecule has 0 aliphatic carbocycles. The van der Waals surface area contributed by atoms with Gasteiger partial charge in [0, 0.05) is 173 Å². The van der Waals surface area contributed by atoms with Crippen LogP contribution < -0.4 is 97.5 Å². The quantitative estimate of drug-likeness (QED) is 0.0499. The molecule has 4 fully saturated rings. The number of methoxy groups -OCH3 is 6. The number of piperidine rings is 2. The van der Waals surface area contributed by atoms with Crippen molar-refractivity contribution in [1.29, 1.82) is 0 Å². The number of halogens is 6. The maximum Gasteiger partial charge on any atom is 0.258 e. The second-order valence-corrected chi connectivity index (χ2v) is 33.8. The lowest BCUT2D eigenvalue weighted by atomic mass is 10.0. The zero-order valence-electron chi connectivity index (χ0n) is 77.6. The molecule has 1 atom stereocenters. The summed E-state index contributed by atoms with van der Waals surface area (Å²) in [6.45, 7) is 13.9. The first-order valence-corrected chi connectivity index (χ1v) is 45.2. The third-order valence-electron chi connectivity index (χ3n) is 24.7. The molecule has 15 heterocycles. The number of benzene rings is 5. The van der Waals surface area contributed by atoms with Gasteiger partial charge in [0.1, 0.15) is 28.2 Å². The average molecular weight is 1890 g/mol. The van der Waals surface area contributed by atoms with E-state index in [1.165, 1.54) is 95.7 Å². The highest BCUT2D eigenvalue weighted by molar-refractivity contribution is 5.72. The van der Waals surface area contributed by atoms with E-state index in [0.717, 1.165) is 175 Å². The molecule has 5 N–H and O–H groups in total. The Kier molecular flexibility index (Phi) is 30.2. The topological polar surface area (TPSA) is 300 Å². The number of nitrogens with zero attached hydrogens (tertiary/aromatic N) is 14. The van der Waals surface area contributed by atoms with Crippen LogP contribution in [0.25, 0.3) is 90.1 Å². The second-order valence-electron chi connectivity index (χ2n) is 33.8. The van der Waals surface area contributed by atoms with Crippen LogP contribution in [0.1, 0.15) is 44.6 Å². The largest absolute Gasteiger partial charge is 0.494 e. The Labute approximate surface area is 789 Å². The van der Waals surface area contributed by atoms with E-state index < -0.39 is 46.4 Å². The molecule has 36 heteroatoms. The molecule has 20 rings (SSSR count). The molecule has 15 aromatic rings. The van der Waals surface area contributed by atoms with E-state index in [1.807, 2.05) is 85.3 Å². The van der Waals surface area contributed by atoms with Crippen LogP contribution in [-0.4, -0.2) is 212 Å². The van der Waals surface area contributed by atoms with Crippen molar-refractivity contribution in [3.63, 3.8) is 0 Å². The standard InChI is InChI=1S/C22H25FN4O2.C21H24N4O3.C20H20F2N4O2.C20H18FN3O2.C19H18F2N4O2/c1-25(2)16-8-10-26(11-9-16)17-5-7-21-24-19(13-22(28)27(21)14-17)15-4-6-20(29-3)18(23)12-15;1-27-18-5-3-14(11-19(18)28-2)17-12-21(26)25-13-16(4-6-20(25)24-17)23-15-7-9-22-10-8-15;1-12-10-25(6-5-23-12)14-3-4-18-24-17(9-19(27)26(18)11-14)13-7-15(21)20(28-2)16(22)8-13;1-26-18-4-2-14(10-16(18)21)17-11-20(25)24-12-15(3-5-19(24)23-17)13-6-8-22-9-7-13;1-27-19-14(20)8-12(9-15(19)21)16-10-18(26)25-11-13(2-3-17(25)23-16)24-6-4-22-5-7-24/h4-7,12-14,16H,8-11H2,1-3H3;3-6,11-13,15,22-23H,7-10H2,1-2H3;3-4,7-9,11-12,23H,5-6,10H2,1-2H3;2-6,10-12,22H,7-9H2,1H3;2-3,8-11,22H,4-7H2,1H3/t;;12-;;/m..0../s1. The molecule has 10 aromatic heterocycles. The first kappa shape index (κ1) is 96.2. The molecule has 0 radical (unpaired) electrons. The van der Waals surface area contributed by atoms with Crippen LogP contribution in [0.5, 0.6) is 34.5 Å². The summed E-state index contributed by atoms with van der Waals surface area (Å²) in [6, 6.07) is 46.1. The molecule has 0 saturated carbocycles. The van der Waals surface area contributed by atoms with Crippen molar-refractivity contribution in [2.75, 3.05) is 162 Å². The molecule has 138 heavy (non-hydrogen) atoms. The van der Waals surface area contributed by atoms with Crippen molar-refractivity contribution in [2.45, 2.75) is 57.2 Å². The van der Waals surface area contributed by atoms with Gasteiger partial charge in [-0.2, -0.15) is 0 Å². The molecule has 30 nitrogen and oxygen atoms in total. The second kappa shape index (κ2) is 43.4. The fourth-order valence-electron chi connectivity index (χ4n) is 17.3. The third-order valence-corrected chi connectivity index (χ3v) is 24.7. The third kappa shape index (κ3) is 22.1. The Hall–Kier alpha value is -15.0. The van der Waals surface area contributed by atoms with Gasteiger partial charge in [-0.25, -0.2) is 51.3 Å². The lowest BCUT2D eigenvalue weighted by Gasteiger charge is -2.36. The van der Waals surface area contributed by atoms with Crippen LogP contribution >= 0.6 is 0 Å². The van der Waals surface area contributed by atoms with Crippen LogP contribution in [0, 0.1) is 34.9 Å². The molecule has 5 aliphatic heterocycles. The lowest BCUT2D eigenvalue weighted by Crippen LogP contribution is -2.49. The zero-order chi connectivity index (χ0) is 97.0. The number of rotatable bonds is 18. The van der Waals surface area contributed by atoms with Gasteiger partial charge in [-0.15, -0.1) is 0 Å². The fourth-order valence-corrected chi connectivity index (χ4v) is 17.3. The summed E-state index contributed by atoms with van der Waals surface area (Å²) in [5, 5.41) is 16.8. The maximum atomic E-state index is 14.0. The number of nitrogens with one attached hydrogen (secondary N) is 5. The molecule has 0 bridgehead atoms. The number of pyridine rings is 5. The van der Waals surface area contributed by atoms with Crippen LogP contribution in [0.15, 0.2) is 231 Å². The Bertz CT molecular complexity index is 7320. The summed E-state index contributed by atoms with van der Waals surface area (Å²) in [6.07, 6.45) is 16.4. The molecule has 716 valence electrons. The highest BCUT2D eigenvalue weighted by atomic mass is 19.2. The molecule has 0 amide bonds. The van der Waals surface area contributed by atoms with Crippen LogP contribution in [0.4, 0.5) is 49.1 Å². The van der Waals surface area contributed by atoms with E-state index in [2.05, 4.69) is 103 Å². The Balaban J connectivity index is 0.000000125. The number of piperazine rings is 2. The van der Waals surface area contributed by atoms with Crippen LogP contribution in [0.2, 0.25) is 0 Å². The monoisotopic (exact) mass is 1890 g/mol. The van der Waals surface area contributed by atoms with Crippen molar-refractivity contribution < 1.29 is 54.8 Å². The summed E-state index contributed by atoms with van der Waals surface area (Å²) in [7, 11) is 12.6. The summed E-state index contributed by atoms with van der Waals surface area (Å²) in [5.41, 5.74) is 11.5. The van der Waals surface area contributed by atoms with Gasteiger partial charge in [0.25, 0.3) is 27.8 Å². The minimum Gasteiger partial charge on any atom is -0.494 e. The smallest absolute Gasteiger partial charge is 0.258 e. The molecular weight excluding hydrogens is 1780 g/mol. The molecule has 0 unspecified atom stereocenters. The highest BCUT2D eigenvalue weighted by Crippen LogP contribution is 2.36. The zero-order valence-corrected chi connectivity index (χ0v) is 77.6. The van der Waals surface area contributed by atoms with Gasteiger partial charge in [0.15, 0.2) is 69.4 Å². The van der Waals surface area contributed by atoms with Gasteiger partial charge in [0.2, 0.25) is 0 Å². The molecular formula is C102H105F6N19O11. The first-order valence-electron chi connectivity index (χ1n) is 45.2. The summed E-state index contributed by atoms with van der Waals surface area (Å²) in [4.78, 5) is 94.8. The van der Waals surface area contributed by atoms with Crippen LogP contribution in [0.3, 0.4) is 0 Å². The minimum absolute atomic E-state index is 0.122. The number of aromatic nitrogens is 10. The van der Waals surface area contributed by atoms with Crippen molar-refractivity contribution in [3.8, 4) is 90.8 Å². The first-order chi connectivity index (χ1) is 66.8. The maximum absolute atomic E-state index is 14.0. The summed E-state index contributed by atoms with van der Waals surface area (Å²) < 4.78 is 121. The van der Waals surface area contributed by atoms with E-state index in [0.29, 0.717) is 86.1 Å². The highest BCUT2D eigenvalue weighted by Gasteiger charge is 2.26. The van der Waals surface area contributed by atoms with Crippen molar-refractivity contribution in [2.24, 2.45) is 0 Å². The summed E-state index contributed by atoms with van der Waals surface area (Å²) >= 11 is 0. The number of fused-ring (bicyclic) bond motifs is 5. The van der Waals surface area contributed by atoms with E-state index in [9.17, 15) is 50.3 Å². The van der Waals surface area contributed by atoms with Gasteiger partial charge in [-0.3, -0.25) is 46.0 Å². The Morgan fingerprint density at radius 3 is 1.15 bits per heavy atom. The van der Waals surface area contributed by atoms with E-state index >= 15 is 0 Å². The Morgan fingerprint density at radius 1 is 0.355 bits per heavy atom. The fraction of sp³-hybridized carbons (Fsp3) is 0.294. The number of hydrogen-bond donors (Lipinski definition) is 5. The van der Waals surface area contributed by atoms with Gasteiger partial charge < -0.3 is 74.6 Å². The van der Waals surface area contributed by atoms with Crippen molar-refractivity contribution >= 4 is 56.6 Å². The predicted molar refractivity (Wildman–Crippen MR) is 522 cm³/mol. The van der Waals surface area contributed by atoms with Gasteiger partial charge in [-0.1, -0.05) is 6.08 Å². The van der Waals surface area contributed by atoms with Gasteiger partial charge in [-0.05, 0) is 223 Å². The van der Waals surface area contributed by atoms with E-state index in [1.54, 1.807) is 65.7 Å². The van der Waals surface area contributed by atoms with Crippen molar-refractivity contribution in [1.82, 2.24) is 73.1 Å². The molecule has 4 saturated heterocycles. The lowest BCUT2D eigenvalue weighted by molar-refractivity contribution is 0.249. The normalized spacial score (nSPS) is 15.2.